The average Bonchev–Trinajstić information content (AvgIpc) is 0.844. The van der Waals surface area contributed by atoms with E-state index in [1.807, 2.05) is 38.1 Å². The number of aliphatic carboxylic acids is 1. The molecule has 5 N–H and O–H groups in total. The van der Waals surface area contributed by atoms with Gasteiger partial charge >= 0.3 is 23.9 Å². The Balaban J connectivity index is 0.000000585. The summed E-state index contributed by atoms with van der Waals surface area (Å²) in [7, 11) is 1.27. The van der Waals surface area contributed by atoms with E-state index in [9.17, 15) is 62.6 Å². The smallest absolute Gasteiger partial charge is 0.328 e. The first-order valence-corrected chi connectivity index (χ1v) is 42.2. The number of ether oxygens (including phenoxy) is 3. The highest BCUT2D eigenvalue weighted by atomic mass is 16.6. The monoisotopic (exact) mass is 1570 g/mol. The van der Waals surface area contributed by atoms with Crippen LogP contribution in [0.15, 0.2) is 97.1 Å². The molecule has 0 aliphatic carbocycles. The molecular formula is C93H138N4O16. The number of carboxylic acids is 1. The van der Waals surface area contributed by atoms with E-state index < -0.39 is 112 Å². The molecule has 0 saturated heterocycles. The summed E-state index contributed by atoms with van der Waals surface area (Å²) in [6.07, 6.45) is 18.8. The van der Waals surface area contributed by atoms with Crippen molar-refractivity contribution < 1.29 is 76.9 Å². The van der Waals surface area contributed by atoms with Gasteiger partial charge in [0.15, 0.2) is 23.1 Å². The zero-order valence-electron chi connectivity index (χ0n) is 71.1. The van der Waals surface area contributed by atoms with Gasteiger partial charge in [0.1, 0.15) is 23.3 Å². The van der Waals surface area contributed by atoms with Crippen molar-refractivity contribution in [3.63, 3.8) is 0 Å². The van der Waals surface area contributed by atoms with E-state index in [2.05, 4.69) is 97.5 Å². The van der Waals surface area contributed by atoms with Crippen LogP contribution < -0.4 is 21.3 Å². The molecule has 4 aromatic carbocycles. The maximum atomic E-state index is 14.0. The second kappa shape index (κ2) is 53.4. The molecule has 0 aliphatic heterocycles. The lowest BCUT2D eigenvalue weighted by Gasteiger charge is -2.24. The van der Waals surface area contributed by atoms with Gasteiger partial charge in [0.05, 0.1) is 19.2 Å². The number of methoxy groups -OCH3 is 1. The average molecular weight is 1570 g/mol. The lowest BCUT2D eigenvalue weighted by molar-refractivity contribution is -0.156. The Morgan fingerprint density at radius 1 is 0.354 bits per heavy atom. The molecule has 626 valence electrons. The quantitative estimate of drug-likeness (QED) is 0.0119. The Morgan fingerprint density at radius 2 is 0.646 bits per heavy atom. The number of hydrogen-bond acceptors (Lipinski definition) is 15. The van der Waals surface area contributed by atoms with Crippen LogP contribution in [0.2, 0.25) is 0 Å². The summed E-state index contributed by atoms with van der Waals surface area (Å²) >= 11 is 0. The Kier molecular flexibility index (Phi) is 46.6. The maximum Gasteiger partial charge on any atom is 0.328 e. The van der Waals surface area contributed by atoms with Crippen LogP contribution in [0.1, 0.15) is 321 Å². The molecule has 4 aromatic rings. The number of carboxylic acid groups (broad SMARTS) is 1. The summed E-state index contributed by atoms with van der Waals surface area (Å²) in [5, 5.41) is 20.8. The van der Waals surface area contributed by atoms with E-state index in [0.29, 0.717) is 36.8 Å². The van der Waals surface area contributed by atoms with Gasteiger partial charge in [-0.15, -0.1) is 0 Å². The van der Waals surface area contributed by atoms with Crippen molar-refractivity contribution >= 4 is 70.6 Å². The standard InChI is InChI=1S/C47H70N2O8.C46H68N2O8/c1-9-12-15-19-38(32-41(50)37-29-27-36(28-30-37)35-25-23-34(24-26-35)18-14-11-3)45(54)48-39(21-17-22-43(52)57-47(5,6)7)42(51)31-33(4)44(53)49-40(46(55)56-8)20-16-13-10-2;1-8-11-14-18-37(31-40(49)36-28-26-35(27-29-36)34-24-22-33(23-25-34)17-13-10-3)44(53)47-38(20-16-21-42(51)56-46(5,6)7)41(50)30-32(4)43(52)48-39(45(54)55)19-15-12-9-2/h23-30,33,38-40H,9-22,31-32H2,1-8H3,(H,48,54)(H,49,53);22-29,32,37-39H,8-21,30-31H2,1-7H3,(H,47,53)(H,48,52)(H,54,55)/t33-,38-,39+,40+;32-,37-,38+,39+/m11/s1. The van der Waals surface area contributed by atoms with Crippen LogP contribution in [-0.2, 0) is 75.0 Å². The van der Waals surface area contributed by atoms with Gasteiger partial charge in [-0.1, -0.05) is 242 Å². The number of benzene rings is 4. The second-order valence-corrected chi connectivity index (χ2v) is 32.6. The highest BCUT2D eigenvalue weighted by molar-refractivity contribution is 6.01. The van der Waals surface area contributed by atoms with Crippen LogP contribution in [0.25, 0.3) is 22.3 Å². The molecule has 0 aliphatic rings. The van der Waals surface area contributed by atoms with Crippen LogP contribution in [-0.4, -0.2) is 118 Å². The zero-order chi connectivity index (χ0) is 84.1. The van der Waals surface area contributed by atoms with E-state index in [4.69, 9.17) is 14.2 Å². The number of hydrogen-bond donors (Lipinski definition) is 5. The molecule has 0 unspecified atom stereocenters. The summed E-state index contributed by atoms with van der Waals surface area (Å²) in [5.41, 5.74) is 6.38. The summed E-state index contributed by atoms with van der Waals surface area (Å²) in [6.45, 7) is 26.3. The number of rotatable bonds is 54. The minimum absolute atomic E-state index is 0.0222. The lowest BCUT2D eigenvalue weighted by atomic mass is 9.90. The molecule has 20 nitrogen and oxygen atoms in total. The number of ketones is 4. The number of unbranched alkanes of at least 4 members (excludes halogenated alkanes) is 10. The maximum absolute atomic E-state index is 14.0. The van der Waals surface area contributed by atoms with Gasteiger partial charge in [0.25, 0.3) is 0 Å². The van der Waals surface area contributed by atoms with E-state index in [-0.39, 0.29) is 88.0 Å². The highest BCUT2D eigenvalue weighted by Crippen LogP contribution is 2.28. The minimum atomic E-state index is -1.13. The zero-order valence-corrected chi connectivity index (χ0v) is 71.1. The molecule has 113 heavy (non-hydrogen) atoms. The SMILES string of the molecule is CCCCC[C@H](CC(=O)c1ccc(-c2ccc(CCCC)cc2)cc1)C(=O)N[C@@H](CCCC(=O)OC(C)(C)C)C(=O)C[C@@H](C)C(=O)N[C@@H](CCCCC)C(=O)O.CCCCC[C@H](CC(=O)c1ccc(-c2ccc(CCCC)cc2)cc1)C(=O)N[C@@H](CCCC(=O)OC(C)(C)C)C(=O)C[C@@H](C)C(=O)N[C@@H](CCCCC)C(=O)OC. The molecule has 0 aromatic heterocycles. The Morgan fingerprint density at radius 3 is 0.956 bits per heavy atom. The van der Waals surface area contributed by atoms with Gasteiger partial charge in [-0.3, -0.25) is 47.9 Å². The van der Waals surface area contributed by atoms with E-state index in [1.165, 1.54) is 18.2 Å². The van der Waals surface area contributed by atoms with Crippen LogP contribution in [0, 0.1) is 23.7 Å². The predicted octanol–water partition coefficient (Wildman–Crippen LogP) is 18.5. The van der Waals surface area contributed by atoms with Gasteiger partial charge in [-0.05, 0) is 152 Å². The molecule has 0 bridgehead atoms. The second-order valence-electron chi connectivity index (χ2n) is 32.6. The van der Waals surface area contributed by atoms with Crippen LogP contribution in [0.3, 0.4) is 0 Å². The van der Waals surface area contributed by atoms with Gasteiger partial charge < -0.3 is 40.6 Å². The molecule has 0 heterocycles. The highest BCUT2D eigenvalue weighted by Gasteiger charge is 2.34. The topological polar surface area (TPSA) is 301 Å². The Hall–Kier alpha value is -8.68. The number of esters is 3. The largest absolute Gasteiger partial charge is 0.480 e. The molecule has 20 heteroatoms. The fourth-order valence-corrected chi connectivity index (χ4v) is 13.2. The van der Waals surface area contributed by atoms with Crippen LogP contribution in [0.5, 0.6) is 0 Å². The summed E-state index contributed by atoms with van der Waals surface area (Å²) in [4.78, 5) is 158. The first-order valence-electron chi connectivity index (χ1n) is 42.2. The Labute approximate surface area is 675 Å². The molecule has 0 fully saturated rings. The van der Waals surface area contributed by atoms with Crippen LogP contribution in [0.4, 0.5) is 0 Å². The first kappa shape index (κ1) is 98.5. The molecule has 8 atom stereocenters. The molecular weight excluding hydrogens is 1430 g/mol. The first-order chi connectivity index (χ1) is 53.7. The normalized spacial score (nSPS) is 13.5. The number of Topliss-reactive ketones (excluding diaryl/α,β-unsaturated/α-hetero) is 4. The third-order valence-corrected chi connectivity index (χ3v) is 20.1. The summed E-state index contributed by atoms with van der Waals surface area (Å²) in [5.74, 6) is -8.51. The third-order valence-electron chi connectivity index (χ3n) is 20.1. The van der Waals surface area contributed by atoms with Gasteiger partial charge in [0, 0.05) is 73.3 Å². The molecule has 0 saturated carbocycles. The Bertz CT molecular complexity index is 3570. The van der Waals surface area contributed by atoms with E-state index in [0.717, 1.165) is 131 Å². The number of nitrogens with one attached hydrogen (secondary N) is 4. The number of carbonyl (C=O) groups excluding carboxylic acids is 11. The number of amides is 4. The number of aryl methyl sites for hydroxylation is 2. The van der Waals surface area contributed by atoms with Crippen molar-refractivity contribution in [2.75, 3.05) is 7.11 Å². The van der Waals surface area contributed by atoms with Crippen LogP contribution >= 0.6 is 0 Å². The van der Waals surface area contributed by atoms with E-state index >= 15 is 0 Å². The molecule has 4 rings (SSSR count). The lowest BCUT2D eigenvalue weighted by Crippen LogP contribution is -2.47. The van der Waals surface area contributed by atoms with Crippen molar-refractivity contribution in [3.05, 3.63) is 119 Å². The third kappa shape index (κ3) is 39.8. The van der Waals surface area contributed by atoms with Gasteiger partial charge in [0.2, 0.25) is 23.6 Å². The minimum Gasteiger partial charge on any atom is -0.480 e. The summed E-state index contributed by atoms with van der Waals surface area (Å²) in [6, 6.07) is 27.9. The fraction of sp³-hybridized carbons (Fsp3) is 0.613. The van der Waals surface area contributed by atoms with Gasteiger partial charge in [-0.25, -0.2) is 9.59 Å². The van der Waals surface area contributed by atoms with Crippen molar-refractivity contribution in [1.82, 2.24) is 21.3 Å². The van der Waals surface area contributed by atoms with Gasteiger partial charge in [-0.2, -0.15) is 0 Å². The van der Waals surface area contributed by atoms with Crippen molar-refractivity contribution in [1.29, 1.82) is 0 Å². The fourth-order valence-electron chi connectivity index (χ4n) is 13.2. The predicted molar refractivity (Wildman–Crippen MR) is 447 cm³/mol. The molecule has 0 radical (unpaired) electrons. The van der Waals surface area contributed by atoms with E-state index in [1.54, 1.807) is 79.7 Å². The number of carbonyl (C=O) groups is 12. The summed E-state index contributed by atoms with van der Waals surface area (Å²) < 4.78 is 15.8. The molecule has 0 spiro atoms. The van der Waals surface area contributed by atoms with Crippen molar-refractivity contribution in [2.24, 2.45) is 23.7 Å². The van der Waals surface area contributed by atoms with Crippen molar-refractivity contribution in [3.8, 4) is 22.3 Å². The van der Waals surface area contributed by atoms with Crippen molar-refractivity contribution in [2.45, 2.75) is 338 Å². The molecule has 4 amide bonds.